The summed E-state index contributed by atoms with van der Waals surface area (Å²) in [5.74, 6) is 1.99. The summed E-state index contributed by atoms with van der Waals surface area (Å²) in [5, 5.41) is 3.75. The molecule has 2 rings (SSSR count). The average Bonchev–Trinajstić information content (AvgIpc) is 2.83. The molecule has 1 aromatic heterocycles. The lowest BCUT2D eigenvalue weighted by Crippen LogP contribution is -2.51. The average molecular weight is 278 g/mol. The van der Waals surface area contributed by atoms with Crippen LogP contribution in [0.3, 0.4) is 0 Å². The van der Waals surface area contributed by atoms with Gasteiger partial charge in [0, 0.05) is 31.5 Å². The molecule has 0 saturated heterocycles. The lowest BCUT2D eigenvalue weighted by atomic mass is 9.82. The summed E-state index contributed by atoms with van der Waals surface area (Å²) < 4.78 is 2.12. The predicted octanol–water partition coefficient (Wildman–Crippen LogP) is 2.41. The molecule has 20 heavy (non-hydrogen) atoms. The van der Waals surface area contributed by atoms with Gasteiger partial charge in [0.2, 0.25) is 0 Å². The van der Waals surface area contributed by atoms with Gasteiger partial charge in [0.1, 0.15) is 5.82 Å². The molecule has 0 spiro atoms. The number of aromatic nitrogens is 2. The Hall–Kier alpha value is -0.870. The van der Waals surface area contributed by atoms with Crippen LogP contribution >= 0.6 is 0 Å². The van der Waals surface area contributed by atoms with E-state index in [9.17, 15) is 0 Å². The SMILES string of the molecule is CCCNC1CCC(C)CC1N(C)Cc1nccn1C. The molecule has 3 atom stereocenters. The van der Waals surface area contributed by atoms with E-state index in [1.54, 1.807) is 0 Å². The van der Waals surface area contributed by atoms with E-state index >= 15 is 0 Å². The molecule has 0 amide bonds. The molecule has 1 aromatic rings. The number of hydrogen-bond acceptors (Lipinski definition) is 3. The molecule has 1 aliphatic carbocycles. The van der Waals surface area contributed by atoms with Crippen LogP contribution in [-0.4, -0.2) is 40.1 Å². The molecule has 1 fully saturated rings. The van der Waals surface area contributed by atoms with Gasteiger partial charge in [-0.05, 0) is 45.2 Å². The maximum atomic E-state index is 4.46. The zero-order chi connectivity index (χ0) is 14.5. The van der Waals surface area contributed by atoms with E-state index in [1.165, 1.54) is 25.7 Å². The first kappa shape index (κ1) is 15.5. The molecule has 0 aliphatic heterocycles. The third-order valence-corrected chi connectivity index (χ3v) is 4.61. The minimum Gasteiger partial charge on any atom is -0.337 e. The predicted molar refractivity (Wildman–Crippen MR) is 83.6 cm³/mol. The fourth-order valence-electron chi connectivity index (χ4n) is 3.29. The van der Waals surface area contributed by atoms with E-state index in [2.05, 4.69) is 47.7 Å². The number of nitrogens with one attached hydrogen (secondary N) is 1. The monoisotopic (exact) mass is 278 g/mol. The Morgan fingerprint density at radius 3 is 2.90 bits per heavy atom. The summed E-state index contributed by atoms with van der Waals surface area (Å²) in [6, 6.07) is 1.26. The molecule has 4 heteroatoms. The lowest BCUT2D eigenvalue weighted by Gasteiger charge is -2.40. The zero-order valence-electron chi connectivity index (χ0n) is 13.5. The molecule has 3 unspecified atom stereocenters. The van der Waals surface area contributed by atoms with Gasteiger partial charge in [-0.15, -0.1) is 0 Å². The fourth-order valence-corrected chi connectivity index (χ4v) is 3.29. The van der Waals surface area contributed by atoms with Crippen molar-refractivity contribution < 1.29 is 0 Å². The van der Waals surface area contributed by atoms with Crippen molar-refractivity contribution in [3.05, 3.63) is 18.2 Å². The van der Waals surface area contributed by atoms with Crippen LogP contribution in [0, 0.1) is 5.92 Å². The maximum Gasteiger partial charge on any atom is 0.122 e. The molecule has 1 N–H and O–H groups in total. The molecule has 1 saturated carbocycles. The number of imidazole rings is 1. The van der Waals surface area contributed by atoms with Gasteiger partial charge < -0.3 is 9.88 Å². The smallest absolute Gasteiger partial charge is 0.122 e. The van der Waals surface area contributed by atoms with Crippen molar-refractivity contribution in [3.63, 3.8) is 0 Å². The third-order valence-electron chi connectivity index (χ3n) is 4.61. The summed E-state index contributed by atoms with van der Waals surface area (Å²) in [5.41, 5.74) is 0. The van der Waals surface area contributed by atoms with E-state index in [0.717, 1.165) is 24.8 Å². The first-order valence-corrected chi connectivity index (χ1v) is 8.01. The van der Waals surface area contributed by atoms with Gasteiger partial charge in [-0.25, -0.2) is 4.98 Å². The molecule has 1 aliphatic rings. The maximum absolute atomic E-state index is 4.46. The van der Waals surface area contributed by atoms with Gasteiger partial charge in [0.05, 0.1) is 6.54 Å². The second kappa shape index (κ2) is 7.23. The van der Waals surface area contributed by atoms with E-state index < -0.39 is 0 Å². The molecular weight excluding hydrogens is 248 g/mol. The Balaban J connectivity index is 1.99. The van der Waals surface area contributed by atoms with Crippen LogP contribution in [-0.2, 0) is 13.6 Å². The Morgan fingerprint density at radius 1 is 1.45 bits per heavy atom. The highest BCUT2D eigenvalue weighted by molar-refractivity contribution is 4.95. The number of likely N-dealkylation sites (N-methyl/N-ethyl adjacent to an activating group) is 1. The molecular formula is C16H30N4. The Bertz CT molecular complexity index is 399. The van der Waals surface area contributed by atoms with Crippen molar-refractivity contribution in [2.75, 3.05) is 13.6 Å². The molecule has 0 aromatic carbocycles. The van der Waals surface area contributed by atoms with Crippen molar-refractivity contribution in [1.82, 2.24) is 19.8 Å². The van der Waals surface area contributed by atoms with E-state index in [-0.39, 0.29) is 0 Å². The van der Waals surface area contributed by atoms with E-state index in [1.807, 2.05) is 12.4 Å². The highest BCUT2D eigenvalue weighted by atomic mass is 15.2. The zero-order valence-corrected chi connectivity index (χ0v) is 13.5. The molecule has 0 bridgehead atoms. The molecule has 4 nitrogen and oxygen atoms in total. The second-order valence-corrected chi connectivity index (χ2v) is 6.42. The molecule has 1 heterocycles. The van der Waals surface area contributed by atoms with Gasteiger partial charge in [-0.2, -0.15) is 0 Å². The number of rotatable bonds is 6. The van der Waals surface area contributed by atoms with E-state index in [4.69, 9.17) is 0 Å². The quantitative estimate of drug-likeness (QED) is 0.867. The number of hydrogen-bond donors (Lipinski definition) is 1. The lowest BCUT2D eigenvalue weighted by molar-refractivity contribution is 0.116. The fraction of sp³-hybridized carbons (Fsp3) is 0.812. The van der Waals surface area contributed by atoms with Crippen LogP contribution in [0.15, 0.2) is 12.4 Å². The minimum absolute atomic E-state index is 0.627. The summed E-state index contributed by atoms with van der Waals surface area (Å²) in [4.78, 5) is 6.95. The standard InChI is InChI=1S/C16H30N4/c1-5-8-17-14-7-6-13(2)11-15(14)20(4)12-16-18-9-10-19(16)3/h9-10,13-15,17H,5-8,11-12H2,1-4H3. The highest BCUT2D eigenvalue weighted by Gasteiger charge is 2.31. The normalized spacial score (nSPS) is 27.1. The van der Waals surface area contributed by atoms with Crippen LogP contribution in [0.1, 0.15) is 45.4 Å². The summed E-state index contributed by atoms with van der Waals surface area (Å²) in [7, 11) is 4.32. The topological polar surface area (TPSA) is 33.1 Å². The number of aryl methyl sites for hydroxylation is 1. The van der Waals surface area contributed by atoms with Crippen LogP contribution < -0.4 is 5.32 Å². The summed E-state index contributed by atoms with van der Waals surface area (Å²) in [6.07, 6.45) is 9.08. The van der Waals surface area contributed by atoms with Gasteiger partial charge >= 0.3 is 0 Å². The molecule has 114 valence electrons. The third kappa shape index (κ3) is 3.83. The van der Waals surface area contributed by atoms with Gasteiger partial charge in [-0.1, -0.05) is 13.8 Å². The van der Waals surface area contributed by atoms with Gasteiger partial charge in [-0.3, -0.25) is 4.90 Å². The summed E-state index contributed by atoms with van der Waals surface area (Å²) >= 11 is 0. The van der Waals surface area contributed by atoms with Crippen molar-refractivity contribution >= 4 is 0 Å². The van der Waals surface area contributed by atoms with Crippen LogP contribution in [0.4, 0.5) is 0 Å². The van der Waals surface area contributed by atoms with E-state index in [0.29, 0.717) is 12.1 Å². The van der Waals surface area contributed by atoms with Crippen LogP contribution in [0.25, 0.3) is 0 Å². The summed E-state index contributed by atoms with van der Waals surface area (Å²) in [6.45, 7) is 6.69. The Kier molecular flexibility index (Phi) is 5.61. The largest absolute Gasteiger partial charge is 0.337 e. The van der Waals surface area contributed by atoms with Crippen LogP contribution in [0.5, 0.6) is 0 Å². The van der Waals surface area contributed by atoms with Gasteiger partial charge in [0.15, 0.2) is 0 Å². The second-order valence-electron chi connectivity index (χ2n) is 6.42. The Labute approximate surface area is 123 Å². The number of nitrogens with zero attached hydrogens (tertiary/aromatic N) is 3. The minimum atomic E-state index is 0.627. The van der Waals surface area contributed by atoms with Crippen molar-refractivity contribution in [2.24, 2.45) is 13.0 Å². The highest BCUT2D eigenvalue weighted by Crippen LogP contribution is 2.28. The van der Waals surface area contributed by atoms with Gasteiger partial charge in [0.25, 0.3) is 0 Å². The van der Waals surface area contributed by atoms with Crippen LogP contribution in [0.2, 0.25) is 0 Å². The van der Waals surface area contributed by atoms with Crippen molar-refractivity contribution in [3.8, 4) is 0 Å². The van der Waals surface area contributed by atoms with Crippen molar-refractivity contribution in [2.45, 2.75) is 58.2 Å². The first-order chi connectivity index (χ1) is 9.61. The molecule has 0 radical (unpaired) electrons. The first-order valence-electron chi connectivity index (χ1n) is 8.01. The Morgan fingerprint density at radius 2 is 2.25 bits per heavy atom. The van der Waals surface area contributed by atoms with Crippen molar-refractivity contribution in [1.29, 1.82) is 0 Å².